The molecule has 0 bridgehead atoms. The number of rotatable bonds is 4. The van der Waals surface area contributed by atoms with Crippen LogP contribution in [0.3, 0.4) is 0 Å². The molecule has 19 heavy (non-hydrogen) atoms. The van der Waals surface area contributed by atoms with Crippen molar-refractivity contribution >= 4 is 23.4 Å². The van der Waals surface area contributed by atoms with Gasteiger partial charge in [-0.3, -0.25) is 0 Å². The Morgan fingerprint density at radius 2 is 2.16 bits per heavy atom. The molecule has 2 rings (SSSR count). The van der Waals surface area contributed by atoms with E-state index in [4.69, 9.17) is 16.0 Å². The number of hydrogen-bond donors (Lipinski definition) is 1. The number of nitrogens with one attached hydrogen (secondary N) is 1. The Morgan fingerprint density at radius 1 is 1.37 bits per heavy atom. The first kappa shape index (κ1) is 14.4. The van der Waals surface area contributed by atoms with Crippen LogP contribution in [0, 0.1) is 0 Å². The minimum atomic E-state index is 0.0952. The van der Waals surface area contributed by atoms with Crippen LogP contribution in [0.25, 0.3) is 0 Å². The van der Waals surface area contributed by atoms with E-state index in [0.29, 0.717) is 5.22 Å². The van der Waals surface area contributed by atoms with Crippen LogP contribution in [0.5, 0.6) is 0 Å². The van der Waals surface area contributed by atoms with E-state index in [2.05, 4.69) is 37.1 Å². The van der Waals surface area contributed by atoms with Gasteiger partial charge in [-0.2, -0.15) is 0 Å². The lowest BCUT2D eigenvalue weighted by Crippen LogP contribution is -2.35. The predicted molar refractivity (Wildman–Crippen MR) is 78.7 cm³/mol. The number of oxazole rings is 1. The average molecular weight is 297 g/mol. The Labute approximate surface area is 122 Å². The highest BCUT2D eigenvalue weighted by molar-refractivity contribution is 7.99. The fraction of sp³-hybridized carbons (Fsp3) is 0.357. The molecule has 0 atom stereocenters. The van der Waals surface area contributed by atoms with Crippen molar-refractivity contribution in [3.8, 4) is 0 Å². The molecule has 0 amide bonds. The Hall–Kier alpha value is -0.970. The minimum Gasteiger partial charge on any atom is -0.440 e. The van der Waals surface area contributed by atoms with Crippen LogP contribution < -0.4 is 5.32 Å². The summed E-state index contributed by atoms with van der Waals surface area (Å²) in [5.74, 6) is 0. The molecule has 0 radical (unpaired) electrons. The lowest BCUT2D eigenvalue weighted by molar-refractivity contribution is 0.424. The van der Waals surface area contributed by atoms with Crippen LogP contribution in [-0.2, 0) is 6.54 Å². The predicted octanol–water partition coefficient (Wildman–Crippen LogP) is 4.37. The lowest BCUT2D eigenvalue weighted by atomic mass is 10.1. The molecule has 1 N–H and O–H groups in total. The maximum Gasteiger partial charge on any atom is 0.260 e. The van der Waals surface area contributed by atoms with Crippen molar-refractivity contribution in [3.63, 3.8) is 0 Å². The summed E-state index contributed by atoms with van der Waals surface area (Å²) in [7, 11) is 0. The second kappa shape index (κ2) is 5.99. The van der Waals surface area contributed by atoms with Gasteiger partial charge in [-0.15, -0.1) is 0 Å². The van der Waals surface area contributed by atoms with Crippen LogP contribution >= 0.6 is 23.4 Å². The van der Waals surface area contributed by atoms with Crippen molar-refractivity contribution in [1.29, 1.82) is 0 Å². The van der Waals surface area contributed by atoms with Gasteiger partial charge >= 0.3 is 0 Å². The zero-order chi connectivity index (χ0) is 13.9. The first-order chi connectivity index (χ1) is 8.94. The quantitative estimate of drug-likeness (QED) is 0.909. The highest BCUT2D eigenvalue weighted by atomic mass is 35.5. The molecule has 0 unspecified atom stereocenters. The SMILES string of the molecule is CC(C)(C)NCc1ccc(Sc2ncco2)c(Cl)c1. The maximum absolute atomic E-state index is 6.28. The fourth-order valence-corrected chi connectivity index (χ4v) is 2.48. The third-order valence-electron chi connectivity index (χ3n) is 2.43. The zero-order valence-corrected chi connectivity index (χ0v) is 12.8. The summed E-state index contributed by atoms with van der Waals surface area (Å²) in [5, 5.41) is 4.75. The van der Waals surface area contributed by atoms with E-state index in [-0.39, 0.29) is 5.54 Å². The van der Waals surface area contributed by atoms with Gasteiger partial charge in [0.15, 0.2) is 0 Å². The van der Waals surface area contributed by atoms with E-state index in [1.165, 1.54) is 11.8 Å². The van der Waals surface area contributed by atoms with Crippen LogP contribution in [0.4, 0.5) is 0 Å². The second-order valence-corrected chi connectivity index (χ2v) is 6.67. The molecule has 0 aliphatic carbocycles. The number of nitrogens with zero attached hydrogens (tertiary/aromatic N) is 1. The van der Waals surface area contributed by atoms with Crippen molar-refractivity contribution in [2.45, 2.75) is 43.0 Å². The summed E-state index contributed by atoms with van der Waals surface area (Å²) in [5.41, 5.74) is 1.26. The number of halogens is 1. The molecular formula is C14H17ClN2OS. The molecule has 0 saturated heterocycles. The topological polar surface area (TPSA) is 38.1 Å². The van der Waals surface area contributed by atoms with E-state index in [9.17, 15) is 0 Å². The van der Waals surface area contributed by atoms with Gasteiger partial charge in [0, 0.05) is 17.0 Å². The summed E-state index contributed by atoms with van der Waals surface area (Å²) < 4.78 is 5.20. The Kier molecular flexibility index (Phi) is 4.55. The van der Waals surface area contributed by atoms with Crippen LogP contribution in [-0.4, -0.2) is 10.5 Å². The molecule has 0 saturated carbocycles. The first-order valence-corrected chi connectivity index (χ1v) is 7.24. The van der Waals surface area contributed by atoms with E-state index in [1.807, 2.05) is 12.1 Å². The first-order valence-electron chi connectivity index (χ1n) is 6.05. The molecule has 3 nitrogen and oxygen atoms in total. The summed E-state index contributed by atoms with van der Waals surface area (Å²) in [6, 6.07) is 6.04. The van der Waals surface area contributed by atoms with Gasteiger partial charge in [-0.05, 0) is 50.2 Å². The molecule has 1 aromatic carbocycles. The fourth-order valence-electron chi connectivity index (χ4n) is 1.46. The molecule has 102 valence electrons. The standard InChI is InChI=1S/C14H17ClN2OS/c1-14(2,3)17-9-10-4-5-12(11(15)8-10)19-13-16-6-7-18-13/h4-8,17H,9H2,1-3H3. The van der Waals surface area contributed by atoms with Crippen LogP contribution in [0.2, 0.25) is 5.02 Å². The highest BCUT2D eigenvalue weighted by Crippen LogP contribution is 2.32. The molecule has 2 aromatic rings. The van der Waals surface area contributed by atoms with Gasteiger partial charge in [0.1, 0.15) is 6.26 Å². The molecule has 0 fully saturated rings. The van der Waals surface area contributed by atoms with Crippen LogP contribution in [0.15, 0.2) is 45.2 Å². The second-order valence-electron chi connectivity index (χ2n) is 5.27. The summed E-state index contributed by atoms with van der Waals surface area (Å²) in [4.78, 5) is 5.02. The Morgan fingerprint density at radius 3 is 2.74 bits per heavy atom. The Bertz CT molecular complexity index is 535. The molecule has 0 spiro atoms. The summed E-state index contributed by atoms with van der Waals surface area (Å²) in [6.45, 7) is 7.22. The van der Waals surface area contributed by atoms with Gasteiger partial charge in [0.2, 0.25) is 0 Å². The average Bonchev–Trinajstić information content (AvgIpc) is 2.81. The largest absolute Gasteiger partial charge is 0.440 e. The molecular weight excluding hydrogens is 280 g/mol. The number of benzene rings is 1. The third-order valence-corrected chi connectivity index (χ3v) is 3.80. The van der Waals surface area contributed by atoms with E-state index in [0.717, 1.165) is 22.0 Å². The van der Waals surface area contributed by atoms with Crippen molar-refractivity contribution in [3.05, 3.63) is 41.2 Å². The van der Waals surface area contributed by atoms with Crippen molar-refractivity contribution < 1.29 is 4.42 Å². The number of hydrogen-bond acceptors (Lipinski definition) is 4. The van der Waals surface area contributed by atoms with Crippen molar-refractivity contribution in [1.82, 2.24) is 10.3 Å². The Balaban J connectivity index is 2.05. The van der Waals surface area contributed by atoms with Gasteiger partial charge in [-0.25, -0.2) is 4.98 Å². The molecule has 1 heterocycles. The number of aromatic nitrogens is 1. The normalized spacial score (nSPS) is 11.8. The van der Waals surface area contributed by atoms with Gasteiger partial charge in [0.05, 0.1) is 11.2 Å². The molecule has 0 aliphatic heterocycles. The molecule has 1 aromatic heterocycles. The maximum atomic E-state index is 6.28. The lowest BCUT2D eigenvalue weighted by Gasteiger charge is -2.20. The van der Waals surface area contributed by atoms with Gasteiger partial charge in [-0.1, -0.05) is 17.7 Å². The van der Waals surface area contributed by atoms with Gasteiger partial charge in [0.25, 0.3) is 5.22 Å². The highest BCUT2D eigenvalue weighted by Gasteiger charge is 2.10. The minimum absolute atomic E-state index is 0.0952. The molecule has 0 aliphatic rings. The van der Waals surface area contributed by atoms with Gasteiger partial charge < -0.3 is 9.73 Å². The summed E-state index contributed by atoms with van der Waals surface area (Å²) >= 11 is 7.70. The summed E-state index contributed by atoms with van der Waals surface area (Å²) in [6.07, 6.45) is 3.18. The van der Waals surface area contributed by atoms with Crippen LogP contribution in [0.1, 0.15) is 26.3 Å². The van der Waals surface area contributed by atoms with E-state index in [1.54, 1.807) is 12.5 Å². The molecule has 5 heteroatoms. The zero-order valence-electron chi connectivity index (χ0n) is 11.2. The smallest absolute Gasteiger partial charge is 0.260 e. The van der Waals surface area contributed by atoms with Crippen molar-refractivity contribution in [2.24, 2.45) is 0 Å². The van der Waals surface area contributed by atoms with E-state index >= 15 is 0 Å². The van der Waals surface area contributed by atoms with Crippen molar-refractivity contribution in [2.75, 3.05) is 0 Å². The van der Waals surface area contributed by atoms with E-state index < -0.39 is 0 Å². The third kappa shape index (κ3) is 4.56. The monoisotopic (exact) mass is 296 g/mol.